The Bertz CT molecular complexity index is 480. The van der Waals surface area contributed by atoms with Crippen molar-refractivity contribution in [2.45, 2.75) is 56.0 Å². The highest BCUT2D eigenvalue weighted by Crippen LogP contribution is 2.56. The molecule has 90 valence electrons. The highest BCUT2D eigenvalue weighted by atomic mass is 16.3. The van der Waals surface area contributed by atoms with E-state index >= 15 is 0 Å². The summed E-state index contributed by atoms with van der Waals surface area (Å²) >= 11 is 0. The molecule has 17 heavy (non-hydrogen) atoms. The van der Waals surface area contributed by atoms with Crippen LogP contribution in [-0.2, 0) is 5.41 Å². The molecule has 2 N–H and O–H groups in total. The van der Waals surface area contributed by atoms with Crippen LogP contribution in [0, 0.1) is 0 Å². The number of piperidine rings is 1. The number of phenols is 1. The lowest BCUT2D eigenvalue weighted by Gasteiger charge is -2.46. The lowest BCUT2D eigenvalue weighted by molar-refractivity contribution is 0.222. The van der Waals surface area contributed by atoms with Gasteiger partial charge in [0.1, 0.15) is 5.75 Å². The van der Waals surface area contributed by atoms with Gasteiger partial charge in [0.2, 0.25) is 0 Å². The molecule has 0 saturated carbocycles. The molecule has 4 atom stereocenters. The van der Waals surface area contributed by atoms with E-state index in [-0.39, 0.29) is 0 Å². The summed E-state index contributed by atoms with van der Waals surface area (Å²) < 4.78 is 0. The Morgan fingerprint density at radius 3 is 3.12 bits per heavy atom. The molecular weight excluding hydrogens is 210 g/mol. The molecule has 2 nitrogen and oxygen atoms in total. The van der Waals surface area contributed by atoms with Gasteiger partial charge in [-0.1, -0.05) is 13.0 Å². The van der Waals surface area contributed by atoms with E-state index in [0.717, 1.165) is 0 Å². The zero-order chi connectivity index (χ0) is 11.6. The van der Waals surface area contributed by atoms with Crippen molar-refractivity contribution in [3.63, 3.8) is 0 Å². The van der Waals surface area contributed by atoms with Crippen LogP contribution in [0.2, 0.25) is 0 Å². The van der Waals surface area contributed by atoms with Crippen molar-refractivity contribution in [2.24, 2.45) is 0 Å². The molecule has 4 unspecified atom stereocenters. The Hall–Kier alpha value is -1.02. The minimum absolute atomic E-state index is 0.335. The van der Waals surface area contributed by atoms with E-state index < -0.39 is 0 Å². The van der Waals surface area contributed by atoms with E-state index in [4.69, 9.17) is 0 Å². The van der Waals surface area contributed by atoms with Crippen LogP contribution in [0.1, 0.15) is 49.7 Å². The SMILES string of the molecule is CCC12CC3CC(c4ccc(O)cc41)C(C2)N3. The third-order valence-electron chi connectivity index (χ3n) is 5.41. The van der Waals surface area contributed by atoms with Gasteiger partial charge in [0.25, 0.3) is 0 Å². The van der Waals surface area contributed by atoms with Gasteiger partial charge in [0.05, 0.1) is 0 Å². The summed E-state index contributed by atoms with van der Waals surface area (Å²) in [7, 11) is 0. The first-order valence-electron chi connectivity index (χ1n) is 6.81. The molecule has 2 saturated heterocycles. The van der Waals surface area contributed by atoms with Crippen molar-refractivity contribution >= 4 is 0 Å². The minimum atomic E-state index is 0.335. The van der Waals surface area contributed by atoms with Crippen LogP contribution in [0.25, 0.3) is 0 Å². The van der Waals surface area contributed by atoms with Crippen LogP contribution < -0.4 is 5.32 Å². The zero-order valence-corrected chi connectivity index (χ0v) is 10.2. The first kappa shape index (κ1) is 9.95. The van der Waals surface area contributed by atoms with Crippen molar-refractivity contribution in [1.29, 1.82) is 0 Å². The first-order chi connectivity index (χ1) is 8.22. The van der Waals surface area contributed by atoms with Gasteiger partial charge in [0.15, 0.2) is 0 Å². The Morgan fingerprint density at radius 2 is 2.29 bits per heavy atom. The summed E-state index contributed by atoms with van der Waals surface area (Å²) in [6, 6.07) is 7.45. The van der Waals surface area contributed by atoms with Crippen LogP contribution >= 0.6 is 0 Å². The molecule has 2 heteroatoms. The number of fused-ring (bicyclic) bond motifs is 5. The maximum Gasteiger partial charge on any atom is 0.115 e. The van der Waals surface area contributed by atoms with Crippen LogP contribution in [0.3, 0.4) is 0 Å². The molecule has 3 aliphatic rings. The normalized spacial score (nSPS) is 41.6. The number of rotatable bonds is 1. The van der Waals surface area contributed by atoms with Crippen LogP contribution in [0.15, 0.2) is 18.2 Å². The van der Waals surface area contributed by atoms with Gasteiger partial charge in [-0.2, -0.15) is 0 Å². The fourth-order valence-electron chi connectivity index (χ4n) is 4.65. The molecule has 2 heterocycles. The average Bonchev–Trinajstić information content (AvgIpc) is 2.59. The second-order valence-corrected chi connectivity index (χ2v) is 6.13. The summed E-state index contributed by atoms with van der Waals surface area (Å²) in [6.07, 6.45) is 5.02. The smallest absolute Gasteiger partial charge is 0.115 e. The second kappa shape index (κ2) is 3.05. The number of benzene rings is 1. The van der Waals surface area contributed by atoms with Gasteiger partial charge in [-0.15, -0.1) is 0 Å². The van der Waals surface area contributed by atoms with Crippen LogP contribution in [-0.4, -0.2) is 17.2 Å². The molecular formula is C15H19NO. The molecule has 0 spiro atoms. The molecule has 1 aromatic carbocycles. The fraction of sp³-hybridized carbons (Fsp3) is 0.600. The zero-order valence-electron chi connectivity index (χ0n) is 10.2. The first-order valence-corrected chi connectivity index (χ1v) is 6.81. The lowest BCUT2D eigenvalue weighted by Crippen LogP contribution is -2.50. The van der Waals surface area contributed by atoms with Crippen molar-refractivity contribution < 1.29 is 5.11 Å². The average molecular weight is 229 g/mol. The number of nitrogens with one attached hydrogen (secondary N) is 1. The monoisotopic (exact) mass is 229 g/mol. The third-order valence-corrected chi connectivity index (χ3v) is 5.41. The number of phenolic OH excluding ortho intramolecular Hbond substituents is 1. The summed E-state index contributed by atoms with van der Waals surface area (Å²) in [5.41, 5.74) is 3.29. The number of hydrogen-bond acceptors (Lipinski definition) is 2. The topological polar surface area (TPSA) is 32.3 Å². The van der Waals surface area contributed by atoms with Gasteiger partial charge in [-0.3, -0.25) is 0 Å². The summed E-state index contributed by atoms with van der Waals surface area (Å²) in [5, 5.41) is 13.6. The molecule has 0 radical (unpaired) electrons. The summed E-state index contributed by atoms with van der Waals surface area (Å²) in [6.45, 7) is 2.30. The second-order valence-electron chi connectivity index (χ2n) is 6.13. The Labute approximate surface area is 102 Å². The molecule has 2 aliphatic heterocycles. The predicted molar refractivity (Wildman–Crippen MR) is 67.4 cm³/mol. The highest BCUT2D eigenvalue weighted by Gasteiger charge is 2.53. The van der Waals surface area contributed by atoms with Crippen molar-refractivity contribution in [1.82, 2.24) is 5.32 Å². The van der Waals surface area contributed by atoms with E-state index in [1.165, 1.54) is 36.8 Å². The third kappa shape index (κ3) is 1.14. The van der Waals surface area contributed by atoms with Gasteiger partial charge < -0.3 is 10.4 Å². The maximum atomic E-state index is 9.78. The summed E-state index contributed by atoms with van der Waals surface area (Å²) in [5.74, 6) is 1.13. The van der Waals surface area contributed by atoms with E-state index in [2.05, 4.69) is 18.3 Å². The van der Waals surface area contributed by atoms with E-state index in [1.807, 2.05) is 12.1 Å². The lowest BCUT2D eigenvalue weighted by atomic mass is 9.63. The minimum Gasteiger partial charge on any atom is -0.508 e. The standard InChI is InChI=1S/C15H19NO/c1-2-15-7-9-5-12(14(8-15)16-9)11-4-3-10(17)6-13(11)15/h3-4,6,9,12,14,16-17H,2,5,7-8H2,1H3. The molecule has 0 amide bonds. The Kier molecular flexibility index (Phi) is 1.79. The van der Waals surface area contributed by atoms with Crippen LogP contribution in [0.5, 0.6) is 5.75 Å². The quantitative estimate of drug-likeness (QED) is 0.776. The van der Waals surface area contributed by atoms with Crippen LogP contribution in [0.4, 0.5) is 0 Å². The van der Waals surface area contributed by atoms with Gasteiger partial charge in [0, 0.05) is 18.0 Å². The van der Waals surface area contributed by atoms with Crippen molar-refractivity contribution in [3.8, 4) is 5.75 Å². The number of hydrogen-bond donors (Lipinski definition) is 2. The molecule has 3 bridgehead atoms. The van der Waals surface area contributed by atoms with Gasteiger partial charge in [-0.05, 0) is 54.4 Å². The van der Waals surface area contributed by atoms with E-state index in [9.17, 15) is 5.11 Å². The Balaban J connectivity index is 1.98. The molecule has 2 fully saturated rings. The molecule has 4 rings (SSSR count). The van der Waals surface area contributed by atoms with Crippen molar-refractivity contribution in [3.05, 3.63) is 29.3 Å². The Morgan fingerprint density at radius 1 is 1.41 bits per heavy atom. The maximum absolute atomic E-state index is 9.78. The van der Waals surface area contributed by atoms with Gasteiger partial charge in [-0.25, -0.2) is 0 Å². The molecule has 0 aromatic heterocycles. The number of aromatic hydroxyl groups is 1. The van der Waals surface area contributed by atoms with Crippen molar-refractivity contribution in [2.75, 3.05) is 0 Å². The molecule has 1 aliphatic carbocycles. The predicted octanol–water partition coefficient (Wildman–Crippen LogP) is 2.66. The highest BCUT2D eigenvalue weighted by molar-refractivity contribution is 5.48. The van der Waals surface area contributed by atoms with E-state index in [0.29, 0.717) is 29.2 Å². The summed E-state index contributed by atoms with van der Waals surface area (Å²) in [4.78, 5) is 0. The van der Waals surface area contributed by atoms with Gasteiger partial charge >= 0.3 is 0 Å². The fourth-order valence-corrected chi connectivity index (χ4v) is 4.65. The molecule has 1 aromatic rings. The largest absolute Gasteiger partial charge is 0.508 e. The van der Waals surface area contributed by atoms with E-state index in [1.54, 1.807) is 0 Å².